The fraction of sp³-hybridized carbons (Fsp3) is 0.458. The second kappa shape index (κ2) is 13.4. The Kier molecular flexibility index (Phi) is 10.6. The average Bonchev–Trinajstić information content (AvgIpc) is 2.83. The van der Waals surface area contributed by atoms with E-state index < -0.39 is 5.97 Å². The topological polar surface area (TPSA) is 166 Å². The number of carbonyl (C=O) groups excluding carboxylic acids is 1. The normalized spacial score (nSPS) is 17.8. The van der Waals surface area contributed by atoms with Crippen LogP contribution in [0.5, 0.6) is 5.75 Å². The van der Waals surface area contributed by atoms with Gasteiger partial charge in [-0.2, -0.15) is 5.26 Å². The highest BCUT2D eigenvalue weighted by atomic mass is 35.5. The third-order valence-corrected chi connectivity index (χ3v) is 6.23. The molecule has 1 heterocycles. The summed E-state index contributed by atoms with van der Waals surface area (Å²) in [4.78, 5) is 24.9. The van der Waals surface area contributed by atoms with Crippen molar-refractivity contribution in [3.05, 3.63) is 52.5 Å². The molecule has 1 aromatic carbocycles. The molecular formula is C24H32ClN5O4. The molecule has 0 aromatic heterocycles. The smallest absolute Gasteiger partial charge is 0.306 e. The van der Waals surface area contributed by atoms with E-state index in [4.69, 9.17) is 38.5 Å². The largest absolute Gasteiger partial charge is 0.508 e. The quantitative estimate of drug-likeness (QED) is 0.311. The number of phenols is 1. The molecule has 1 aliphatic carbocycles. The zero-order valence-corrected chi connectivity index (χ0v) is 19.8. The molecule has 0 atom stereocenters. The fourth-order valence-corrected chi connectivity index (χ4v) is 4.07. The van der Waals surface area contributed by atoms with E-state index in [0.29, 0.717) is 37.3 Å². The first-order chi connectivity index (χ1) is 16.2. The van der Waals surface area contributed by atoms with Crippen molar-refractivity contribution in [2.24, 2.45) is 17.4 Å². The zero-order valence-electron chi connectivity index (χ0n) is 19.0. The number of nitrogens with zero attached hydrogens (tertiary/aromatic N) is 2. The maximum Gasteiger partial charge on any atom is 0.306 e. The Balaban J connectivity index is 0.000000340. The van der Waals surface area contributed by atoms with Crippen molar-refractivity contribution in [2.45, 2.75) is 51.0 Å². The molecule has 10 heteroatoms. The maximum atomic E-state index is 12.1. The van der Waals surface area contributed by atoms with Crippen molar-refractivity contribution in [1.29, 1.82) is 5.26 Å². The molecule has 1 saturated carbocycles. The Morgan fingerprint density at radius 3 is 2.32 bits per heavy atom. The van der Waals surface area contributed by atoms with E-state index in [2.05, 4.69) is 5.32 Å². The fourth-order valence-electron chi connectivity index (χ4n) is 3.85. The number of nitriles is 1. The standard InChI is InChI=1S/C17H28N4O3.C7H4ClNO/c18-14(16(22)20-13-4-2-1-3-5-13)6-7-15(19)21-10-8-12(9-11-21)17(23)24;8-7-3-6(10)2-1-5(7)4-9/h6-7,12-13H,1-5,8-11,18-19H2,(H,20,22)(H,23,24);1-3,10H/b14-6-,15-7+;. The van der Waals surface area contributed by atoms with Gasteiger partial charge in [0.05, 0.1) is 28.0 Å². The van der Waals surface area contributed by atoms with E-state index in [1.54, 1.807) is 6.08 Å². The van der Waals surface area contributed by atoms with E-state index >= 15 is 0 Å². The number of rotatable bonds is 5. The number of carboxylic acids is 1. The number of hydrogen-bond acceptors (Lipinski definition) is 7. The predicted octanol–water partition coefficient (Wildman–Crippen LogP) is 2.79. The first kappa shape index (κ1) is 26.9. The van der Waals surface area contributed by atoms with Crippen molar-refractivity contribution >= 4 is 23.5 Å². The minimum atomic E-state index is -0.749. The molecule has 1 aromatic rings. The van der Waals surface area contributed by atoms with E-state index in [9.17, 15) is 9.59 Å². The van der Waals surface area contributed by atoms with Gasteiger partial charge < -0.3 is 31.9 Å². The number of amides is 1. The summed E-state index contributed by atoms with van der Waals surface area (Å²) in [5.74, 6) is -0.719. The molecule has 1 aliphatic heterocycles. The minimum absolute atomic E-state index is 0.0731. The van der Waals surface area contributed by atoms with Gasteiger partial charge in [-0.25, -0.2) is 0 Å². The van der Waals surface area contributed by atoms with Gasteiger partial charge in [-0.15, -0.1) is 0 Å². The number of carboxylic acid groups (broad SMARTS) is 1. The molecule has 3 rings (SSSR count). The number of halogens is 1. The number of hydrogen-bond donors (Lipinski definition) is 5. The lowest BCUT2D eigenvalue weighted by Gasteiger charge is -2.31. The molecule has 7 N–H and O–H groups in total. The van der Waals surface area contributed by atoms with Gasteiger partial charge in [0, 0.05) is 19.1 Å². The van der Waals surface area contributed by atoms with Crippen LogP contribution in [0.4, 0.5) is 0 Å². The summed E-state index contributed by atoms with van der Waals surface area (Å²) >= 11 is 5.55. The third kappa shape index (κ3) is 8.52. The van der Waals surface area contributed by atoms with Crippen LogP contribution in [-0.4, -0.2) is 46.1 Å². The van der Waals surface area contributed by atoms with Gasteiger partial charge in [0.25, 0.3) is 5.91 Å². The van der Waals surface area contributed by atoms with Crippen LogP contribution in [0.3, 0.4) is 0 Å². The van der Waals surface area contributed by atoms with Gasteiger partial charge in [0.2, 0.25) is 0 Å². The second-order valence-electron chi connectivity index (χ2n) is 8.40. The molecule has 0 spiro atoms. The van der Waals surface area contributed by atoms with Gasteiger partial charge in [-0.3, -0.25) is 9.59 Å². The first-order valence-corrected chi connectivity index (χ1v) is 11.7. The summed E-state index contributed by atoms with van der Waals surface area (Å²) in [6.07, 6.45) is 9.84. The van der Waals surface area contributed by atoms with E-state index in [0.717, 1.165) is 25.7 Å². The van der Waals surface area contributed by atoms with Gasteiger partial charge in [0.1, 0.15) is 11.8 Å². The van der Waals surface area contributed by atoms with E-state index in [1.165, 1.54) is 30.7 Å². The van der Waals surface area contributed by atoms with Crippen molar-refractivity contribution in [3.63, 3.8) is 0 Å². The Morgan fingerprint density at radius 1 is 1.12 bits per heavy atom. The van der Waals surface area contributed by atoms with Gasteiger partial charge in [-0.05, 0) is 56.0 Å². The maximum absolute atomic E-state index is 12.1. The van der Waals surface area contributed by atoms with Crippen LogP contribution in [0.1, 0.15) is 50.5 Å². The number of nitrogens with one attached hydrogen (secondary N) is 1. The first-order valence-electron chi connectivity index (χ1n) is 11.3. The van der Waals surface area contributed by atoms with Crippen LogP contribution in [0.2, 0.25) is 5.02 Å². The van der Waals surface area contributed by atoms with Crippen molar-refractivity contribution < 1.29 is 19.8 Å². The van der Waals surface area contributed by atoms with Crippen LogP contribution in [-0.2, 0) is 9.59 Å². The highest BCUT2D eigenvalue weighted by Gasteiger charge is 2.24. The molecule has 1 amide bonds. The molecule has 2 aliphatic rings. The highest BCUT2D eigenvalue weighted by molar-refractivity contribution is 6.31. The molecule has 0 bridgehead atoms. The Hall–Kier alpha value is -3.38. The Labute approximate surface area is 204 Å². The lowest BCUT2D eigenvalue weighted by molar-refractivity contribution is -0.143. The summed E-state index contributed by atoms with van der Waals surface area (Å²) in [6, 6.07) is 6.32. The molecule has 2 fully saturated rings. The summed E-state index contributed by atoms with van der Waals surface area (Å²) < 4.78 is 0. The average molecular weight is 490 g/mol. The number of piperidine rings is 1. The highest BCUT2D eigenvalue weighted by Crippen LogP contribution is 2.21. The Morgan fingerprint density at radius 2 is 1.76 bits per heavy atom. The number of carbonyl (C=O) groups is 2. The van der Waals surface area contributed by atoms with Crippen LogP contribution in [0.25, 0.3) is 0 Å². The van der Waals surface area contributed by atoms with Crippen molar-refractivity contribution in [1.82, 2.24) is 10.2 Å². The number of benzene rings is 1. The van der Waals surface area contributed by atoms with Crippen LogP contribution >= 0.6 is 11.6 Å². The number of allylic oxidation sites excluding steroid dienone is 2. The summed E-state index contributed by atoms with van der Waals surface area (Å²) in [5.41, 5.74) is 12.4. The molecule has 0 unspecified atom stereocenters. The molecule has 0 radical (unpaired) electrons. The lowest BCUT2D eigenvalue weighted by atomic mass is 9.95. The number of aromatic hydroxyl groups is 1. The van der Waals surface area contributed by atoms with E-state index in [-0.39, 0.29) is 34.3 Å². The lowest BCUT2D eigenvalue weighted by Crippen LogP contribution is -2.39. The molecule has 34 heavy (non-hydrogen) atoms. The molecule has 9 nitrogen and oxygen atoms in total. The number of nitrogens with two attached hydrogens (primary N) is 2. The zero-order chi connectivity index (χ0) is 25.1. The monoisotopic (exact) mass is 489 g/mol. The minimum Gasteiger partial charge on any atom is -0.508 e. The number of likely N-dealkylation sites (tertiary alicyclic amines) is 1. The second-order valence-corrected chi connectivity index (χ2v) is 8.80. The predicted molar refractivity (Wildman–Crippen MR) is 129 cm³/mol. The summed E-state index contributed by atoms with van der Waals surface area (Å²) in [7, 11) is 0. The molecule has 1 saturated heterocycles. The SMILES string of the molecule is N#Cc1ccc(O)cc1Cl.N/C(=C\C=C(/N)N1CCC(C(=O)O)CC1)C(=O)NC1CCCCC1. The van der Waals surface area contributed by atoms with Crippen LogP contribution < -0.4 is 16.8 Å². The molecule has 184 valence electrons. The van der Waals surface area contributed by atoms with Crippen LogP contribution in [0.15, 0.2) is 41.9 Å². The summed E-state index contributed by atoms with van der Waals surface area (Å²) in [6.45, 7) is 1.20. The van der Waals surface area contributed by atoms with Gasteiger partial charge in [0.15, 0.2) is 0 Å². The Bertz CT molecular complexity index is 959. The van der Waals surface area contributed by atoms with Crippen LogP contribution in [0, 0.1) is 17.2 Å². The van der Waals surface area contributed by atoms with Crippen molar-refractivity contribution in [2.75, 3.05) is 13.1 Å². The third-order valence-electron chi connectivity index (χ3n) is 5.92. The van der Waals surface area contributed by atoms with E-state index in [1.807, 2.05) is 11.0 Å². The van der Waals surface area contributed by atoms with Gasteiger partial charge in [-0.1, -0.05) is 30.9 Å². The number of phenolic OH excluding ortho intramolecular Hbond substituents is 1. The summed E-state index contributed by atoms with van der Waals surface area (Å²) in [5, 5.41) is 29.5. The number of aliphatic carboxylic acids is 1. The molecular weight excluding hydrogens is 458 g/mol. The van der Waals surface area contributed by atoms with Gasteiger partial charge >= 0.3 is 5.97 Å². The van der Waals surface area contributed by atoms with Crippen molar-refractivity contribution in [3.8, 4) is 11.8 Å².